The number of aryl methyl sites for hydroxylation is 1. The first-order valence-electron chi connectivity index (χ1n) is 6.49. The van der Waals surface area contributed by atoms with Crippen LogP contribution in [0.5, 0.6) is 0 Å². The second-order valence-electron chi connectivity index (χ2n) is 5.12. The largest absolute Gasteiger partial charge is 0.379 e. The number of rotatable bonds is 7. The third kappa shape index (κ3) is 4.05. The molecule has 0 aliphatic carbocycles. The molecule has 1 atom stereocenters. The van der Waals surface area contributed by atoms with Crippen LogP contribution in [0.15, 0.2) is 18.3 Å². The molecule has 3 N–H and O–H groups in total. The van der Waals surface area contributed by atoms with Gasteiger partial charge in [0.05, 0.1) is 17.3 Å². The molecule has 102 valence electrons. The van der Waals surface area contributed by atoms with E-state index in [4.69, 9.17) is 10.6 Å². The van der Waals surface area contributed by atoms with Gasteiger partial charge in [0.1, 0.15) is 0 Å². The zero-order valence-electron chi connectivity index (χ0n) is 11.9. The van der Waals surface area contributed by atoms with Gasteiger partial charge < -0.3 is 4.74 Å². The highest BCUT2D eigenvalue weighted by Gasteiger charge is 2.21. The van der Waals surface area contributed by atoms with Crippen LogP contribution in [0.2, 0.25) is 0 Å². The Labute approximate surface area is 110 Å². The first kappa shape index (κ1) is 15.1. The summed E-state index contributed by atoms with van der Waals surface area (Å²) in [4.78, 5) is 4.46. The minimum Gasteiger partial charge on any atom is -0.379 e. The van der Waals surface area contributed by atoms with E-state index in [0.717, 1.165) is 25.0 Å². The number of hydrogen-bond donors (Lipinski definition) is 2. The Morgan fingerprint density at radius 3 is 2.78 bits per heavy atom. The maximum absolute atomic E-state index is 5.67. The molecule has 0 radical (unpaired) electrons. The van der Waals surface area contributed by atoms with Crippen molar-refractivity contribution in [3.05, 3.63) is 29.6 Å². The SMILES string of the molecule is CCc1cccnc1C(CCC(C)(C)OC)NN. The first-order chi connectivity index (χ1) is 8.54. The van der Waals surface area contributed by atoms with E-state index in [2.05, 4.69) is 37.2 Å². The second-order valence-corrected chi connectivity index (χ2v) is 5.12. The van der Waals surface area contributed by atoms with Crippen molar-refractivity contribution >= 4 is 0 Å². The normalized spacial score (nSPS) is 13.6. The highest BCUT2D eigenvalue weighted by atomic mass is 16.5. The van der Waals surface area contributed by atoms with Crippen LogP contribution >= 0.6 is 0 Å². The third-order valence-electron chi connectivity index (χ3n) is 3.43. The van der Waals surface area contributed by atoms with Gasteiger partial charge in [0.25, 0.3) is 0 Å². The molecular formula is C14H25N3O. The van der Waals surface area contributed by atoms with Crippen LogP contribution < -0.4 is 11.3 Å². The Hall–Kier alpha value is -0.970. The summed E-state index contributed by atoms with van der Waals surface area (Å²) in [6.45, 7) is 6.30. The molecular weight excluding hydrogens is 226 g/mol. The number of ether oxygens (including phenoxy) is 1. The van der Waals surface area contributed by atoms with E-state index in [0.29, 0.717) is 0 Å². The minimum atomic E-state index is -0.129. The van der Waals surface area contributed by atoms with Gasteiger partial charge in [-0.25, -0.2) is 0 Å². The van der Waals surface area contributed by atoms with Crippen LogP contribution in [-0.4, -0.2) is 17.7 Å². The second kappa shape index (κ2) is 6.83. The minimum absolute atomic E-state index is 0.0792. The van der Waals surface area contributed by atoms with E-state index in [9.17, 15) is 0 Å². The lowest BCUT2D eigenvalue weighted by atomic mass is 9.95. The van der Waals surface area contributed by atoms with Crippen molar-refractivity contribution in [2.75, 3.05) is 7.11 Å². The third-order valence-corrected chi connectivity index (χ3v) is 3.43. The van der Waals surface area contributed by atoms with Crippen molar-refractivity contribution in [1.82, 2.24) is 10.4 Å². The lowest BCUT2D eigenvalue weighted by molar-refractivity contribution is 0.0115. The molecule has 0 bridgehead atoms. The zero-order chi connectivity index (χ0) is 13.6. The Kier molecular flexibility index (Phi) is 5.72. The quantitative estimate of drug-likeness (QED) is 0.577. The molecule has 0 saturated carbocycles. The number of nitrogens with two attached hydrogens (primary N) is 1. The molecule has 1 unspecified atom stereocenters. The zero-order valence-corrected chi connectivity index (χ0v) is 11.9. The molecule has 0 fully saturated rings. The fourth-order valence-corrected chi connectivity index (χ4v) is 1.96. The van der Waals surface area contributed by atoms with Crippen molar-refractivity contribution in [2.45, 2.75) is 51.7 Å². The maximum atomic E-state index is 5.67. The average molecular weight is 251 g/mol. The van der Waals surface area contributed by atoms with E-state index in [1.807, 2.05) is 12.3 Å². The van der Waals surface area contributed by atoms with E-state index in [-0.39, 0.29) is 11.6 Å². The van der Waals surface area contributed by atoms with Crippen LogP contribution in [0.3, 0.4) is 0 Å². The number of hydrazine groups is 1. The predicted molar refractivity (Wildman–Crippen MR) is 74.0 cm³/mol. The first-order valence-corrected chi connectivity index (χ1v) is 6.49. The van der Waals surface area contributed by atoms with Crippen molar-refractivity contribution in [3.63, 3.8) is 0 Å². The molecule has 4 nitrogen and oxygen atoms in total. The van der Waals surface area contributed by atoms with Crippen molar-refractivity contribution in [3.8, 4) is 0 Å². The number of pyridine rings is 1. The molecule has 1 aromatic rings. The Morgan fingerprint density at radius 1 is 1.50 bits per heavy atom. The van der Waals surface area contributed by atoms with Crippen molar-refractivity contribution < 1.29 is 4.74 Å². The molecule has 1 aromatic heterocycles. The molecule has 1 rings (SSSR count). The maximum Gasteiger partial charge on any atom is 0.0636 e. The lowest BCUT2D eigenvalue weighted by Crippen LogP contribution is -2.32. The van der Waals surface area contributed by atoms with Gasteiger partial charge in [0.15, 0.2) is 0 Å². The molecule has 0 aliphatic rings. The summed E-state index contributed by atoms with van der Waals surface area (Å²) in [6, 6.07) is 4.15. The van der Waals surface area contributed by atoms with Crippen LogP contribution in [0.4, 0.5) is 0 Å². The molecule has 0 amide bonds. The Morgan fingerprint density at radius 2 is 2.22 bits per heavy atom. The molecule has 0 aliphatic heterocycles. The topological polar surface area (TPSA) is 60.2 Å². The van der Waals surface area contributed by atoms with E-state index < -0.39 is 0 Å². The van der Waals surface area contributed by atoms with Gasteiger partial charge in [-0.15, -0.1) is 0 Å². The summed E-state index contributed by atoms with van der Waals surface area (Å²) < 4.78 is 5.44. The summed E-state index contributed by atoms with van der Waals surface area (Å²) in [5, 5.41) is 0. The molecule has 0 saturated heterocycles. The summed E-state index contributed by atoms with van der Waals surface area (Å²) >= 11 is 0. The van der Waals surface area contributed by atoms with Crippen LogP contribution in [0, 0.1) is 0 Å². The summed E-state index contributed by atoms with van der Waals surface area (Å²) in [5.74, 6) is 5.67. The van der Waals surface area contributed by atoms with Gasteiger partial charge in [-0.1, -0.05) is 13.0 Å². The smallest absolute Gasteiger partial charge is 0.0636 e. The highest BCUT2D eigenvalue weighted by Crippen LogP contribution is 2.24. The molecule has 18 heavy (non-hydrogen) atoms. The van der Waals surface area contributed by atoms with Gasteiger partial charge in [-0.05, 0) is 44.7 Å². The number of methoxy groups -OCH3 is 1. The molecule has 4 heteroatoms. The van der Waals surface area contributed by atoms with E-state index >= 15 is 0 Å². The van der Waals surface area contributed by atoms with Gasteiger partial charge >= 0.3 is 0 Å². The standard InChI is InChI=1S/C14H25N3O/c1-5-11-7-6-10-16-13(11)12(17-15)8-9-14(2,3)18-4/h6-7,10,12,17H,5,8-9,15H2,1-4H3. The highest BCUT2D eigenvalue weighted by molar-refractivity contribution is 5.22. The fraction of sp³-hybridized carbons (Fsp3) is 0.643. The van der Waals surface area contributed by atoms with Crippen molar-refractivity contribution in [1.29, 1.82) is 0 Å². The average Bonchev–Trinajstić information content (AvgIpc) is 2.40. The molecule has 1 heterocycles. The van der Waals surface area contributed by atoms with Crippen molar-refractivity contribution in [2.24, 2.45) is 5.84 Å². The van der Waals surface area contributed by atoms with E-state index in [1.54, 1.807) is 7.11 Å². The monoisotopic (exact) mass is 251 g/mol. The molecule has 0 spiro atoms. The summed E-state index contributed by atoms with van der Waals surface area (Å²) in [7, 11) is 1.74. The van der Waals surface area contributed by atoms with Gasteiger partial charge in [-0.3, -0.25) is 16.3 Å². The van der Waals surface area contributed by atoms with Gasteiger partial charge in [0.2, 0.25) is 0 Å². The van der Waals surface area contributed by atoms with Crippen LogP contribution in [-0.2, 0) is 11.2 Å². The Bertz CT molecular complexity index is 366. The predicted octanol–water partition coefficient (Wildman–Crippen LogP) is 2.35. The molecule has 0 aromatic carbocycles. The number of aromatic nitrogens is 1. The fourth-order valence-electron chi connectivity index (χ4n) is 1.96. The Balaban J connectivity index is 2.77. The number of hydrogen-bond acceptors (Lipinski definition) is 4. The van der Waals surface area contributed by atoms with Crippen LogP contribution in [0.25, 0.3) is 0 Å². The van der Waals surface area contributed by atoms with Gasteiger partial charge in [-0.2, -0.15) is 0 Å². The van der Waals surface area contributed by atoms with E-state index in [1.165, 1.54) is 5.56 Å². The summed E-state index contributed by atoms with van der Waals surface area (Å²) in [5.41, 5.74) is 5.04. The number of nitrogens with one attached hydrogen (secondary N) is 1. The lowest BCUT2D eigenvalue weighted by Gasteiger charge is -2.26. The van der Waals surface area contributed by atoms with Gasteiger partial charge in [0, 0.05) is 13.3 Å². The van der Waals surface area contributed by atoms with Crippen LogP contribution in [0.1, 0.15) is 50.9 Å². The number of nitrogens with zero attached hydrogens (tertiary/aromatic N) is 1. The summed E-state index contributed by atoms with van der Waals surface area (Å²) in [6.07, 6.45) is 4.62.